The van der Waals surface area contributed by atoms with Crippen molar-refractivity contribution in [3.8, 4) is 5.75 Å². The Hall–Kier alpha value is -3.00. The summed E-state index contributed by atoms with van der Waals surface area (Å²) in [7, 11) is 0. The van der Waals surface area contributed by atoms with E-state index in [1.807, 2.05) is 0 Å². The average Bonchev–Trinajstić information content (AvgIpc) is 2.57. The fourth-order valence-corrected chi connectivity index (χ4v) is 2.08. The van der Waals surface area contributed by atoms with Gasteiger partial charge in [-0.3, -0.25) is 19.7 Å². The van der Waals surface area contributed by atoms with Crippen LogP contribution in [0.4, 0.5) is 15.8 Å². The zero-order valence-corrected chi connectivity index (χ0v) is 13.6. The van der Waals surface area contributed by atoms with Gasteiger partial charge in [0.15, 0.2) is 12.4 Å². The topological polar surface area (TPSA) is 98.5 Å². The largest absolute Gasteiger partial charge is 0.480 e. The first kappa shape index (κ1) is 18.3. The van der Waals surface area contributed by atoms with Crippen LogP contribution in [0.15, 0.2) is 36.4 Å². The van der Waals surface area contributed by atoms with Gasteiger partial charge in [0.2, 0.25) is 0 Å². The maximum atomic E-state index is 13.7. The van der Waals surface area contributed by atoms with E-state index in [9.17, 15) is 24.1 Å². The molecule has 25 heavy (non-hydrogen) atoms. The molecular weight excluding hydrogens is 355 g/mol. The molecule has 1 amide bonds. The van der Waals surface area contributed by atoms with Crippen LogP contribution in [-0.2, 0) is 4.79 Å². The second-order valence-corrected chi connectivity index (χ2v) is 5.41. The number of carbonyl (C=O) groups is 2. The highest BCUT2D eigenvalue weighted by atomic mass is 35.5. The van der Waals surface area contributed by atoms with Crippen molar-refractivity contribution in [1.29, 1.82) is 0 Å². The molecule has 0 bridgehead atoms. The summed E-state index contributed by atoms with van der Waals surface area (Å²) < 4.78 is 19.0. The smallest absolute Gasteiger partial charge is 0.270 e. The number of nitrogens with one attached hydrogen (secondary N) is 1. The minimum Gasteiger partial charge on any atom is -0.480 e. The summed E-state index contributed by atoms with van der Waals surface area (Å²) in [6, 6.07) is 7.15. The first-order valence-electron chi connectivity index (χ1n) is 6.98. The van der Waals surface area contributed by atoms with Gasteiger partial charge in [-0.05, 0) is 31.2 Å². The molecule has 7 nitrogen and oxygen atoms in total. The molecule has 2 rings (SSSR count). The number of nitro groups is 1. The minimum atomic E-state index is -1.09. The van der Waals surface area contributed by atoms with Gasteiger partial charge < -0.3 is 10.1 Å². The van der Waals surface area contributed by atoms with Crippen molar-refractivity contribution in [2.75, 3.05) is 5.32 Å². The number of benzene rings is 2. The zero-order valence-electron chi connectivity index (χ0n) is 12.9. The highest BCUT2D eigenvalue weighted by Gasteiger charge is 2.19. The normalized spacial score (nSPS) is 11.5. The Kier molecular flexibility index (Phi) is 5.66. The molecule has 0 radical (unpaired) electrons. The summed E-state index contributed by atoms with van der Waals surface area (Å²) >= 11 is 5.63. The quantitative estimate of drug-likeness (QED) is 0.478. The minimum absolute atomic E-state index is 0.000159. The molecule has 0 aliphatic rings. The van der Waals surface area contributed by atoms with Gasteiger partial charge in [0.1, 0.15) is 11.6 Å². The number of nitrogens with zero attached hydrogens (tertiary/aromatic N) is 1. The Labute approximate surface area is 146 Å². The molecule has 0 heterocycles. The van der Waals surface area contributed by atoms with Crippen molar-refractivity contribution >= 4 is 35.2 Å². The van der Waals surface area contributed by atoms with Crippen molar-refractivity contribution in [2.45, 2.75) is 13.0 Å². The number of hydrogen-bond donors (Lipinski definition) is 1. The number of ether oxygens (including phenoxy) is 1. The third-order valence-corrected chi connectivity index (χ3v) is 3.43. The van der Waals surface area contributed by atoms with Crippen LogP contribution >= 0.6 is 11.6 Å². The number of aldehydes is 1. The van der Waals surface area contributed by atoms with Crippen LogP contribution in [0.2, 0.25) is 5.02 Å². The Morgan fingerprint density at radius 2 is 2.08 bits per heavy atom. The Morgan fingerprint density at radius 1 is 1.36 bits per heavy atom. The van der Waals surface area contributed by atoms with Crippen LogP contribution in [0.25, 0.3) is 0 Å². The van der Waals surface area contributed by atoms with Gasteiger partial charge in [-0.2, -0.15) is 0 Å². The highest BCUT2D eigenvalue weighted by Crippen LogP contribution is 2.24. The first-order valence-corrected chi connectivity index (χ1v) is 7.36. The Bertz CT molecular complexity index is 843. The molecule has 9 heteroatoms. The summed E-state index contributed by atoms with van der Waals surface area (Å²) in [5.41, 5.74) is -0.439. The summed E-state index contributed by atoms with van der Waals surface area (Å²) in [4.78, 5) is 33.2. The fourth-order valence-electron chi connectivity index (χ4n) is 1.92. The molecule has 0 aliphatic heterocycles. The molecule has 0 fully saturated rings. The third-order valence-electron chi connectivity index (χ3n) is 3.19. The van der Waals surface area contributed by atoms with E-state index in [2.05, 4.69) is 5.32 Å². The van der Waals surface area contributed by atoms with Gasteiger partial charge >= 0.3 is 0 Å². The van der Waals surface area contributed by atoms with Crippen LogP contribution < -0.4 is 10.1 Å². The van der Waals surface area contributed by atoms with E-state index < -0.39 is 22.8 Å². The van der Waals surface area contributed by atoms with Gasteiger partial charge in [-0.1, -0.05) is 11.6 Å². The first-order chi connectivity index (χ1) is 11.8. The zero-order chi connectivity index (χ0) is 18.6. The number of nitro benzene ring substituents is 1. The molecular formula is C16H12ClFN2O5. The van der Waals surface area contributed by atoms with Gasteiger partial charge in [0.25, 0.3) is 11.6 Å². The lowest BCUT2D eigenvalue weighted by atomic mass is 10.2. The van der Waals surface area contributed by atoms with Gasteiger partial charge in [-0.25, -0.2) is 4.39 Å². The number of rotatable bonds is 6. The van der Waals surface area contributed by atoms with Gasteiger partial charge in [0.05, 0.1) is 16.2 Å². The predicted molar refractivity (Wildman–Crippen MR) is 88.6 cm³/mol. The van der Waals surface area contributed by atoms with Crippen LogP contribution in [0.1, 0.15) is 17.3 Å². The van der Waals surface area contributed by atoms with Crippen molar-refractivity contribution in [1.82, 2.24) is 0 Å². The summed E-state index contributed by atoms with van der Waals surface area (Å²) in [5, 5.41) is 13.2. The van der Waals surface area contributed by atoms with Crippen molar-refractivity contribution in [3.63, 3.8) is 0 Å². The highest BCUT2D eigenvalue weighted by molar-refractivity contribution is 6.30. The molecule has 1 atom stereocenters. The summed E-state index contributed by atoms with van der Waals surface area (Å²) in [6.45, 7) is 1.39. The van der Waals surface area contributed by atoms with E-state index >= 15 is 0 Å². The van der Waals surface area contributed by atoms with E-state index in [1.54, 1.807) is 0 Å². The van der Waals surface area contributed by atoms with E-state index in [0.29, 0.717) is 6.29 Å². The second-order valence-electron chi connectivity index (χ2n) is 4.97. The van der Waals surface area contributed by atoms with E-state index in [1.165, 1.54) is 25.1 Å². The number of amides is 1. The molecule has 0 unspecified atom stereocenters. The predicted octanol–water partition coefficient (Wildman–Crippen LogP) is 3.61. The Balaban J connectivity index is 2.13. The molecule has 2 aromatic carbocycles. The number of anilines is 1. The van der Waals surface area contributed by atoms with E-state index in [0.717, 1.165) is 18.2 Å². The van der Waals surface area contributed by atoms with Crippen molar-refractivity contribution in [3.05, 3.63) is 62.9 Å². The van der Waals surface area contributed by atoms with Gasteiger partial charge in [0, 0.05) is 17.2 Å². The summed E-state index contributed by atoms with van der Waals surface area (Å²) in [6.07, 6.45) is -0.707. The number of non-ortho nitro benzene ring substituents is 1. The van der Waals surface area contributed by atoms with Crippen LogP contribution in [0.5, 0.6) is 5.75 Å². The molecule has 1 N–H and O–H groups in total. The molecule has 0 saturated carbocycles. The number of carbonyl (C=O) groups excluding carboxylic acids is 2. The monoisotopic (exact) mass is 366 g/mol. The molecule has 0 saturated heterocycles. The average molecular weight is 367 g/mol. The molecule has 2 aromatic rings. The number of hydrogen-bond acceptors (Lipinski definition) is 5. The standard InChI is InChI=1S/C16H12ClFN2O5/c1-9(16(22)19-14-4-2-11(17)7-13(14)18)25-15-5-3-12(20(23)24)6-10(15)8-21/h2-9H,1H3,(H,19,22)/t9-/m0/s1. The van der Waals surface area contributed by atoms with Crippen LogP contribution in [-0.4, -0.2) is 23.2 Å². The van der Waals surface area contributed by atoms with E-state index in [4.69, 9.17) is 16.3 Å². The fraction of sp³-hybridized carbons (Fsp3) is 0.125. The molecule has 0 aliphatic carbocycles. The van der Waals surface area contributed by atoms with Crippen molar-refractivity contribution < 1.29 is 23.6 Å². The molecule has 130 valence electrons. The SMILES string of the molecule is C[C@H](Oc1ccc([N+](=O)[O-])cc1C=O)C(=O)Nc1ccc(Cl)cc1F. The maximum Gasteiger partial charge on any atom is 0.270 e. The Morgan fingerprint density at radius 3 is 2.68 bits per heavy atom. The van der Waals surface area contributed by atoms with Gasteiger partial charge in [-0.15, -0.1) is 0 Å². The lowest BCUT2D eigenvalue weighted by Gasteiger charge is -2.16. The lowest BCUT2D eigenvalue weighted by molar-refractivity contribution is -0.384. The molecule has 0 aromatic heterocycles. The maximum absolute atomic E-state index is 13.7. The van der Waals surface area contributed by atoms with Crippen molar-refractivity contribution in [2.24, 2.45) is 0 Å². The third kappa shape index (κ3) is 4.51. The second kappa shape index (κ2) is 7.71. The van der Waals surface area contributed by atoms with Crippen LogP contribution in [0.3, 0.4) is 0 Å². The van der Waals surface area contributed by atoms with Crippen LogP contribution in [0, 0.1) is 15.9 Å². The number of halogens is 2. The lowest BCUT2D eigenvalue weighted by Crippen LogP contribution is -2.30. The molecule has 0 spiro atoms. The summed E-state index contributed by atoms with van der Waals surface area (Å²) in [5.74, 6) is -1.38. The van der Waals surface area contributed by atoms with E-state index in [-0.39, 0.29) is 27.7 Å².